The number of nitrogens with one attached hydrogen (secondary N) is 1. The largest absolute Gasteiger partial charge is 0.370 e. The van der Waals surface area contributed by atoms with Crippen molar-refractivity contribution in [3.05, 3.63) is 46.7 Å². The summed E-state index contributed by atoms with van der Waals surface area (Å²) >= 11 is 6.02. The van der Waals surface area contributed by atoms with Crippen LogP contribution in [0.2, 0.25) is 5.02 Å². The van der Waals surface area contributed by atoms with Crippen LogP contribution in [0.25, 0.3) is 16.8 Å². The Hall–Kier alpha value is -2.07. The zero-order valence-electron chi connectivity index (χ0n) is 14.6. The highest BCUT2D eigenvalue weighted by atomic mass is 35.5. The minimum atomic E-state index is 0.667. The first kappa shape index (κ1) is 16.8. The van der Waals surface area contributed by atoms with Gasteiger partial charge in [0.25, 0.3) is 0 Å². The van der Waals surface area contributed by atoms with Crippen LogP contribution in [-0.4, -0.2) is 21.1 Å². The monoisotopic (exact) mass is 342 g/mol. The lowest BCUT2D eigenvalue weighted by Crippen LogP contribution is -2.10. The number of hydrogen-bond acceptors (Lipinski definition) is 3. The van der Waals surface area contributed by atoms with Crippen LogP contribution >= 0.6 is 11.6 Å². The predicted octanol–water partition coefficient (Wildman–Crippen LogP) is 5.12. The molecule has 1 N–H and O–H groups in total. The molecule has 0 saturated carbocycles. The van der Waals surface area contributed by atoms with Gasteiger partial charge in [-0.05, 0) is 43.9 Å². The number of fused-ring (bicyclic) bond motifs is 1. The fraction of sp³-hybridized carbons (Fsp3) is 0.368. The SMILES string of the molecule is Cc1cc(NCCC(C)C)n2nc(C)c(-c3ccc(Cl)cc3)c2n1. The summed E-state index contributed by atoms with van der Waals surface area (Å²) in [6.07, 6.45) is 1.12. The predicted molar refractivity (Wildman–Crippen MR) is 101 cm³/mol. The summed E-state index contributed by atoms with van der Waals surface area (Å²) in [4.78, 5) is 4.73. The Morgan fingerprint density at radius 2 is 1.88 bits per heavy atom. The van der Waals surface area contributed by atoms with Crippen LogP contribution in [-0.2, 0) is 0 Å². The molecule has 4 nitrogen and oxygen atoms in total. The van der Waals surface area contributed by atoms with E-state index in [2.05, 4.69) is 19.2 Å². The molecule has 126 valence electrons. The van der Waals surface area contributed by atoms with Gasteiger partial charge in [-0.3, -0.25) is 0 Å². The summed E-state index contributed by atoms with van der Waals surface area (Å²) < 4.78 is 1.91. The standard InChI is InChI=1S/C19H23ClN4/c1-12(2)9-10-21-17-11-13(3)22-19-18(14(4)23-24(17)19)15-5-7-16(20)8-6-15/h5-8,11-12,21H,9-10H2,1-4H3. The lowest BCUT2D eigenvalue weighted by atomic mass is 10.1. The van der Waals surface area contributed by atoms with Gasteiger partial charge in [0, 0.05) is 28.9 Å². The molecule has 0 aliphatic heterocycles. The van der Waals surface area contributed by atoms with E-state index in [1.54, 1.807) is 0 Å². The van der Waals surface area contributed by atoms with Gasteiger partial charge in [0.15, 0.2) is 5.65 Å². The Kier molecular flexibility index (Phi) is 4.76. The molecule has 1 aromatic carbocycles. The Morgan fingerprint density at radius 1 is 1.17 bits per heavy atom. The van der Waals surface area contributed by atoms with E-state index in [1.807, 2.05) is 48.7 Å². The van der Waals surface area contributed by atoms with Gasteiger partial charge >= 0.3 is 0 Å². The van der Waals surface area contributed by atoms with Crippen LogP contribution < -0.4 is 5.32 Å². The molecule has 24 heavy (non-hydrogen) atoms. The molecule has 0 fully saturated rings. The molecule has 0 radical (unpaired) electrons. The van der Waals surface area contributed by atoms with Crippen LogP contribution in [0.5, 0.6) is 0 Å². The highest BCUT2D eigenvalue weighted by Gasteiger charge is 2.16. The molecule has 0 bridgehead atoms. The number of anilines is 1. The Bertz CT molecular complexity index is 850. The second kappa shape index (κ2) is 6.81. The van der Waals surface area contributed by atoms with E-state index in [0.717, 1.165) is 52.0 Å². The highest BCUT2D eigenvalue weighted by Crippen LogP contribution is 2.30. The van der Waals surface area contributed by atoms with E-state index >= 15 is 0 Å². The van der Waals surface area contributed by atoms with Gasteiger partial charge in [0.05, 0.1) is 5.69 Å². The zero-order chi connectivity index (χ0) is 17.3. The van der Waals surface area contributed by atoms with Gasteiger partial charge < -0.3 is 5.32 Å². The molecule has 0 amide bonds. The number of halogens is 1. The van der Waals surface area contributed by atoms with E-state index in [1.165, 1.54) is 0 Å². The van der Waals surface area contributed by atoms with Crippen LogP contribution in [0.4, 0.5) is 5.82 Å². The van der Waals surface area contributed by atoms with Crippen LogP contribution in [0.15, 0.2) is 30.3 Å². The fourth-order valence-electron chi connectivity index (χ4n) is 2.81. The molecule has 0 aliphatic carbocycles. The Balaban J connectivity index is 2.07. The summed E-state index contributed by atoms with van der Waals surface area (Å²) in [6.45, 7) is 9.41. The van der Waals surface area contributed by atoms with Crippen molar-refractivity contribution in [1.29, 1.82) is 0 Å². The average Bonchev–Trinajstić information content (AvgIpc) is 2.84. The van der Waals surface area contributed by atoms with E-state index in [4.69, 9.17) is 21.7 Å². The molecule has 2 heterocycles. The highest BCUT2D eigenvalue weighted by molar-refractivity contribution is 6.30. The first-order valence-corrected chi connectivity index (χ1v) is 8.70. The molecule has 3 aromatic rings. The van der Waals surface area contributed by atoms with E-state index in [-0.39, 0.29) is 0 Å². The van der Waals surface area contributed by atoms with Crippen molar-refractivity contribution in [2.45, 2.75) is 34.1 Å². The summed E-state index contributed by atoms with van der Waals surface area (Å²) in [7, 11) is 0. The summed E-state index contributed by atoms with van der Waals surface area (Å²) in [5, 5.41) is 8.94. The van der Waals surface area contributed by atoms with Crippen LogP contribution in [0.3, 0.4) is 0 Å². The average molecular weight is 343 g/mol. The van der Waals surface area contributed by atoms with E-state index in [9.17, 15) is 0 Å². The number of rotatable bonds is 5. The maximum atomic E-state index is 6.02. The lowest BCUT2D eigenvalue weighted by Gasteiger charge is -2.11. The first-order valence-electron chi connectivity index (χ1n) is 8.32. The second-order valence-corrected chi connectivity index (χ2v) is 7.03. The molecule has 5 heteroatoms. The normalized spacial score (nSPS) is 11.4. The second-order valence-electron chi connectivity index (χ2n) is 6.59. The molecule has 0 atom stereocenters. The number of nitrogens with zero attached hydrogens (tertiary/aromatic N) is 3. The van der Waals surface area contributed by atoms with Gasteiger partial charge in [-0.2, -0.15) is 9.61 Å². The first-order chi connectivity index (χ1) is 11.5. The van der Waals surface area contributed by atoms with Crippen molar-refractivity contribution in [1.82, 2.24) is 14.6 Å². The Morgan fingerprint density at radius 3 is 2.54 bits per heavy atom. The summed E-state index contributed by atoms with van der Waals surface area (Å²) in [6, 6.07) is 9.88. The molecule has 0 saturated heterocycles. The minimum Gasteiger partial charge on any atom is -0.370 e. The molecule has 0 unspecified atom stereocenters. The molecule has 3 rings (SSSR count). The van der Waals surface area contributed by atoms with Crippen molar-refractivity contribution in [2.75, 3.05) is 11.9 Å². The van der Waals surface area contributed by atoms with Crippen molar-refractivity contribution >= 4 is 23.1 Å². The van der Waals surface area contributed by atoms with Crippen molar-refractivity contribution in [2.24, 2.45) is 5.92 Å². The maximum Gasteiger partial charge on any atom is 0.165 e. The summed E-state index contributed by atoms with van der Waals surface area (Å²) in [5.41, 5.74) is 4.95. The molecule has 0 spiro atoms. The van der Waals surface area contributed by atoms with Gasteiger partial charge in [-0.1, -0.05) is 37.6 Å². The number of aryl methyl sites for hydroxylation is 2. The zero-order valence-corrected chi connectivity index (χ0v) is 15.4. The van der Waals surface area contributed by atoms with E-state index in [0.29, 0.717) is 5.92 Å². The third kappa shape index (κ3) is 3.39. The molecule has 0 aliphatic rings. The molecular formula is C19H23ClN4. The fourth-order valence-corrected chi connectivity index (χ4v) is 2.94. The van der Waals surface area contributed by atoms with Crippen molar-refractivity contribution in [3.63, 3.8) is 0 Å². The summed E-state index contributed by atoms with van der Waals surface area (Å²) in [5.74, 6) is 1.65. The number of benzene rings is 1. The van der Waals surface area contributed by atoms with Crippen molar-refractivity contribution < 1.29 is 0 Å². The molecular weight excluding hydrogens is 320 g/mol. The third-order valence-corrected chi connectivity index (χ3v) is 4.30. The smallest absolute Gasteiger partial charge is 0.165 e. The third-order valence-electron chi connectivity index (χ3n) is 4.05. The van der Waals surface area contributed by atoms with Gasteiger partial charge in [0.2, 0.25) is 0 Å². The van der Waals surface area contributed by atoms with Gasteiger partial charge in [-0.25, -0.2) is 4.98 Å². The minimum absolute atomic E-state index is 0.667. The Labute approximate surface area is 147 Å². The number of hydrogen-bond donors (Lipinski definition) is 1. The maximum absolute atomic E-state index is 6.02. The van der Waals surface area contributed by atoms with Gasteiger partial charge in [-0.15, -0.1) is 0 Å². The number of aromatic nitrogens is 3. The van der Waals surface area contributed by atoms with Crippen LogP contribution in [0, 0.1) is 19.8 Å². The molecule has 2 aromatic heterocycles. The van der Waals surface area contributed by atoms with Crippen molar-refractivity contribution in [3.8, 4) is 11.1 Å². The quantitative estimate of drug-likeness (QED) is 0.699. The topological polar surface area (TPSA) is 42.2 Å². The van der Waals surface area contributed by atoms with Crippen LogP contribution in [0.1, 0.15) is 31.7 Å². The van der Waals surface area contributed by atoms with E-state index < -0.39 is 0 Å². The van der Waals surface area contributed by atoms with Gasteiger partial charge in [0.1, 0.15) is 5.82 Å². The lowest BCUT2D eigenvalue weighted by molar-refractivity contribution is 0.605.